The van der Waals surface area contributed by atoms with Gasteiger partial charge in [0.1, 0.15) is 5.75 Å². The molecule has 3 aromatic rings. The number of para-hydroxylation sites is 3. The Morgan fingerprint density at radius 2 is 1.82 bits per heavy atom. The van der Waals surface area contributed by atoms with Crippen LogP contribution in [-0.2, 0) is 0 Å². The third kappa shape index (κ3) is 3.82. The molecule has 146 valence electrons. The summed E-state index contributed by atoms with van der Waals surface area (Å²) in [6, 6.07) is 16.0. The van der Waals surface area contributed by atoms with E-state index >= 15 is 0 Å². The smallest absolute Gasteiger partial charge is 0.253 e. The summed E-state index contributed by atoms with van der Waals surface area (Å²) in [6.45, 7) is 5.36. The van der Waals surface area contributed by atoms with Gasteiger partial charge in [0.2, 0.25) is 0 Å². The number of benzene rings is 2. The molecular weight excluding hydrogens is 352 g/mol. The first-order valence-corrected chi connectivity index (χ1v) is 9.71. The fourth-order valence-electron chi connectivity index (χ4n) is 3.79. The summed E-state index contributed by atoms with van der Waals surface area (Å²) in [5, 5.41) is 4.01. The molecule has 4 rings (SSSR count). The first-order chi connectivity index (χ1) is 13.8. The quantitative estimate of drug-likeness (QED) is 0.692. The van der Waals surface area contributed by atoms with Crippen LogP contribution in [0.5, 0.6) is 5.75 Å². The average molecular weight is 378 g/mol. The number of carbonyl (C=O) groups is 1. The van der Waals surface area contributed by atoms with Crippen molar-refractivity contribution in [2.45, 2.75) is 0 Å². The molecule has 0 saturated carbocycles. The van der Waals surface area contributed by atoms with Gasteiger partial charge in [-0.25, -0.2) is 0 Å². The van der Waals surface area contributed by atoms with Gasteiger partial charge in [0.15, 0.2) is 0 Å². The molecule has 0 aliphatic carbocycles. The lowest BCUT2D eigenvalue weighted by Gasteiger charge is -2.36. The van der Waals surface area contributed by atoms with E-state index in [0.29, 0.717) is 12.1 Å². The fourth-order valence-corrected chi connectivity index (χ4v) is 3.79. The van der Waals surface area contributed by atoms with Crippen LogP contribution in [0.1, 0.15) is 10.4 Å². The van der Waals surface area contributed by atoms with Crippen LogP contribution in [0.4, 0.5) is 5.69 Å². The Labute approximate surface area is 165 Å². The zero-order chi connectivity index (χ0) is 19.3. The molecule has 1 fully saturated rings. The van der Waals surface area contributed by atoms with Gasteiger partial charge in [-0.2, -0.15) is 0 Å². The first-order valence-electron chi connectivity index (χ1n) is 9.71. The van der Waals surface area contributed by atoms with Crippen LogP contribution in [0.3, 0.4) is 0 Å². The van der Waals surface area contributed by atoms with E-state index in [1.54, 1.807) is 13.3 Å². The Bertz CT molecular complexity index is 944. The maximum atomic E-state index is 12.5. The molecule has 6 nitrogen and oxygen atoms in total. The van der Waals surface area contributed by atoms with E-state index in [0.717, 1.165) is 55.1 Å². The van der Waals surface area contributed by atoms with Crippen LogP contribution in [0.2, 0.25) is 0 Å². The highest BCUT2D eigenvalue weighted by molar-refractivity contribution is 6.06. The van der Waals surface area contributed by atoms with Crippen LogP contribution >= 0.6 is 0 Å². The van der Waals surface area contributed by atoms with Crippen molar-refractivity contribution in [1.82, 2.24) is 15.2 Å². The summed E-state index contributed by atoms with van der Waals surface area (Å²) in [5.74, 6) is 0.895. The summed E-state index contributed by atoms with van der Waals surface area (Å²) >= 11 is 0. The second kappa shape index (κ2) is 8.35. The molecule has 1 saturated heterocycles. The van der Waals surface area contributed by atoms with Gasteiger partial charge in [-0.3, -0.25) is 9.69 Å². The van der Waals surface area contributed by atoms with Gasteiger partial charge in [-0.1, -0.05) is 30.3 Å². The van der Waals surface area contributed by atoms with Crippen molar-refractivity contribution in [3.8, 4) is 5.75 Å². The van der Waals surface area contributed by atoms with Gasteiger partial charge in [0.25, 0.3) is 5.91 Å². The van der Waals surface area contributed by atoms with E-state index in [-0.39, 0.29) is 5.91 Å². The van der Waals surface area contributed by atoms with Gasteiger partial charge in [-0.05, 0) is 18.2 Å². The zero-order valence-electron chi connectivity index (χ0n) is 16.1. The van der Waals surface area contributed by atoms with Crippen molar-refractivity contribution in [1.29, 1.82) is 0 Å². The van der Waals surface area contributed by atoms with Crippen LogP contribution in [0, 0.1) is 0 Å². The van der Waals surface area contributed by atoms with Gasteiger partial charge in [0.05, 0.1) is 18.4 Å². The third-order valence-electron chi connectivity index (χ3n) is 5.35. The number of rotatable bonds is 6. The molecule has 2 aromatic carbocycles. The molecule has 0 atom stereocenters. The highest BCUT2D eigenvalue weighted by atomic mass is 16.5. The molecule has 2 N–H and O–H groups in total. The van der Waals surface area contributed by atoms with Crippen molar-refractivity contribution in [3.63, 3.8) is 0 Å². The SMILES string of the molecule is COc1ccccc1N1CCN(CCNC(=O)c2c[nH]c3ccccc23)CC1. The minimum absolute atomic E-state index is 0.0230. The maximum absolute atomic E-state index is 12.5. The Morgan fingerprint density at radius 1 is 1.07 bits per heavy atom. The van der Waals surface area contributed by atoms with Crippen molar-refractivity contribution >= 4 is 22.5 Å². The molecule has 28 heavy (non-hydrogen) atoms. The number of piperazine rings is 1. The number of carbonyl (C=O) groups excluding carboxylic acids is 1. The second-order valence-corrected chi connectivity index (χ2v) is 7.00. The molecular formula is C22H26N4O2. The van der Waals surface area contributed by atoms with Crippen LogP contribution in [0.15, 0.2) is 54.7 Å². The number of methoxy groups -OCH3 is 1. The first kappa shape index (κ1) is 18.4. The highest BCUT2D eigenvalue weighted by Gasteiger charge is 2.19. The summed E-state index contributed by atoms with van der Waals surface area (Å²) in [6.07, 6.45) is 1.78. The zero-order valence-corrected chi connectivity index (χ0v) is 16.1. The van der Waals surface area contributed by atoms with E-state index in [1.165, 1.54) is 0 Å². The molecule has 1 aromatic heterocycles. The monoisotopic (exact) mass is 378 g/mol. The van der Waals surface area contributed by atoms with E-state index in [4.69, 9.17) is 4.74 Å². The van der Waals surface area contributed by atoms with E-state index in [2.05, 4.69) is 26.2 Å². The number of amides is 1. The average Bonchev–Trinajstić information content (AvgIpc) is 3.18. The van der Waals surface area contributed by atoms with E-state index in [9.17, 15) is 4.79 Å². The number of ether oxygens (including phenoxy) is 1. The fraction of sp³-hybridized carbons (Fsp3) is 0.318. The van der Waals surface area contributed by atoms with Crippen LogP contribution < -0.4 is 15.0 Å². The minimum atomic E-state index is -0.0230. The molecule has 6 heteroatoms. The molecule has 0 radical (unpaired) electrons. The number of hydrogen-bond acceptors (Lipinski definition) is 4. The van der Waals surface area contributed by atoms with Crippen molar-refractivity contribution < 1.29 is 9.53 Å². The standard InChI is InChI=1S/C22H26N4O2/c1-28-21-9-5-4-8-20(21)26-14-12-25(13-15-26)11-10-23-22(27)18-16-24-19-7-3-2-6-17(18)19/h2-9,16,24H,10-15H2,1H3,(H,23,27). The number of aromatic nitrogens is 1. The lowest BCUT2D eigenvalue weighted by atomic mass is 10.1. The number of H-pyrrole nitrogens is 1. The summed E-state index contributed by atoms with van der Waals surface area (Å²) in [5.41, 5.74) is 2.84. The van der Waals surface area contributed by atoms with Crippen molar-refractivity contribution in [2.75, 3.05) is 51.3 Å². The number of nitrogens with zero attached hydrogens (tertiary/aromatic N) is 2. The van der Waals surface area contributed by atoms with Gasteiger partial charge < -0.3 is 19.9 Å². The summed E-state index contributed by atoms with van der Waals surface area (Å²) < 4.78 is 5.48. The molecule has 0 unspecified atom stereocenters. The molecule has 2 heterocycles. The number of fused-ring (bicyclic) bond motifs is 1. The van der Waals surface area contributed by atoms with Gasteiger partial charge in [-0.15, -0.1) is 0 Å². The molecule has 1 aliphatic heterocycles. The third-order valence-corrected chi connectivity index (χ3v) is 5.35. The maximum Gasteiger partial charge on any atom is 0.253 e. The Balaban J connectivity index is 1.26. The Kier molecular flexibility index (Phi) is 5.48. The predicted molar refractivity (Wildman–Crippen MR) is 112 cm³/mol. The summed E-state index contributed by atoms with van der Waals surface area (Å²) in [7, 11) is 1.71. The molecule has 1 aliphatic rings. The number of aromatic amines is 1. The lowest BCUT2D eigenvalue weighted by molar-refractivity contribution is 0.0949. The van der Waals surface area contributed by atoms with Crippen molar-refractivity contribution in [2.24, 2.45) is 0 Å². The second-order valence-electron chi connectivity index (χ2n) is 7.00. The topological polar surface area (TPSA) is 60.6 Å². The van der Waals surface area contributed by atoms with Crippen LogP contribution in [-0.4, -0.2) is 62.2 Å². The minimum Gasteiger partial charge on any atom is -0.495 e. The summed E-state index contributed by atoms with van der Waals surface area (Å²) in [4.78, 5) is 20.4. The Morgan fingerprint density at radius 3 is 2.64 bits per heavy atom. The van der Waals surface area contributed by atoms with Gasteiger partial charge >= 0.3 is 0 Å². The molecule has 0 bridgehead atoms. The number of hydrogen-bond donors (Lipinski definition) is 2. The number of anilines is 1. The van der Waals surface area contributed by atoms with Crippen LogP contribution in [0.25, 0.3) is 10.9 Å². The normalized spacial score (nSPS) is 15.0. The molecule has 0 spiro atoms. The van der Waals surface area contributed by atoms with Gasteiger partial charge in [0, 0.05) is 56.4 Å². The predicted octanol–water partition coefficient (Wildman–Crippen LogP) is 2.73. The van der Waals surface area contributed by atoms with E-state index in [1.807, 2.05) is 42.5 Å². The highest BCUT2D eigenvalue weighted by Crippen LogP contribution is 2.28. The van der Waals surface area contributed by atoms with Crippen molar-refractivity contribution in [3.05, 3.63) is 60.3 Å². The lowest BCUT2D eigenvalue weighted by Crippen LogP contribution is -2.48. The number of nitrogens with one attached hydrogen (secondary N) is 2. The van der Waals surface area contributed by atoms with E-state index < -0.39 is 0 Å². The Hall–Kier alpha value is -2.99. The molecule has 1 amide bonds. The largest absolute Gasteiger partial charge is 0.495 e.